The second-order valence-electron chi connectivity index (χ2n) is 3.92. The first-order valence-electron chi connectivity index (χ1n) is 5.31. The molecule has 0 radical (unpaired) electrons. The molecule has 1 saturated heterocycles. The number of aromatic nitrogens is 1. The Balaban J connectivity index is 2.03. The minimum absolute atomic E-state index is 0.119. The van der Waals surface area contributed by atoms with Gasteiger partial charge in [-0.15, -0.1) is 0 Å². The Bertz CT molecular complexity index is 463. The van der Waals surface area contributed by atoms with Crippen molar-refractivity contribution in [1.29, 1.82) is 0 Å². The van der Waals surface area contributed by atoms with Gasteiger partial charge >= 0.3 is 5.97 Å². The highest BCUT2D eigenvalue weighted by atomic mass is 79.9. The summed E-state index contributed by atoms with van der Waals surface area (Å²) in [5.74, 6) is -2.07. The molecule has 2 unspecified atom stereocenters. The number of carbonyl (C=O) groups excluding carboxylic acids is 1. The van der Waals surface area contributed by atoms with E-state index in [1.54, 1.807) is 12.1 Å². The molecule has 2 atom stereocenters. The van der Waals surface area contributed by atoms with Gasteiger partial charge < -0.3 is 15.2 Å². The van der Waals surface area contributed by atoms with E-state index in [2.05, 4.69) is 26.2 Å². The number of amides is 1. The number of carbonyl (C=O) groups is 2. The monoisotopic (exact) mass is 314 g/mol. The van der Waals surface area contributed by atoms with E-state index < -0.39 is 23.8 Å². The number of carboxylic acids is 1. The minimum Gasteiger partial charge on any atom is -0.481 e. The lowest BCUT2D eigenvalue weighted by atomic mass is 10.0. The lowest BCUT2D eigenvalue weighted by Crippen LogP contribution is -2.42. The Morgan fingerprint density at radius 1 is 1.44 bits per heavy atom. The third-order valence-electron chi connectivity index (χ3n) is 2.67. The van der Waals surface area contributed by atoms with Crippen LogP contribution in [0.25, 0.3) is 0 Å². The number of ether oxygens (including phenoxy) is 1. The van der Waals surface area contributed by atoms with E-state index in [1.807, 2.05) is 0 Å². The summed E-state index contributed by atoms with van der Waals surface area (Å²) >= 11 is 3.22. The zero-order chi connectivity index (χ0) is 13.1. The molecular weight excluding hydrogens is 304 g/mol. The van der Waals surface area contributed by atoms with Crippen molar-refractivity contribution in [3.8, 4) is 0 Å². The van der Waals surface area contributed by atoms with Crippen molar-refractivity contribution in [1.82, 2.24) is 10.3 Å². The van der Waals surface area contributed by atoms with Crippen LogP contribution in [0.4, 0.5) is 0 Å². The number of rotatable bonds is 3. The standard InChI is InChI=1S/C11H11BrN2O4/c12-6-1-2-8(13-3-6)10(15)14-9-5-18-4-7(9)11(16)17/h1-3,7,9H,4-5H2,(H,14,15)(H,16,17). The fourth-order valence-corrected chi connectivity index (χ4v) is 1.93. The van der Waals surface area contributed by atoms with E-state index in [0.717, 1.165) is 4.47 Å². The van der Waals surface area contributed by atoms with Crippen LogP contribution in [0.1, 0.15) is 10.5 Å². The molecule has 7 heteroatoms. The lowest BCUT2D eigenvalue weighted by Gasteiger charge is -2.15. The lowest BCUT2D eigenvalue weighted by molar-refractivity contribution is -0.142. The van der Waals surface area contributed by atoms with E-state index in [0.29, 0.717) is 0 Å². The Morgan fingerprint density at radius 2 is 2.22 bits per heavy atom. The van der Waals surface area contributed by atoms with Crippen molar-refractivity contribution in [3.63, 3.8) is 0 Å². The number of nitrogens with one attached hydrogen (secondary N) is 1. The second kappa shape index (κ2) is 5.45. The van der Waals surface area contributed by atoms with Crippen LogP contribution in [-0.2, 0) is 9.53 Å². The van der Waals surface area contributed by atoms with Crippen LogP contribution in [0.2, 0.25) is 0 Å². The highest BCUT2D eigenvalue weighted by Crippen LogP contribution is 2.14. The van der Waals surface area contributed by atoms with Gasteiger partial charge in [-0.25, -0.2) is 4.98 Å². The molecule has 1 aromatic rings. The first-order chi connectivity index (χ1) is 8.58. The Morgan fingerprint density at radius 3 is 2.83 bits per heavy atom. The summed E-state index contributed by atoms with van der Waals surface area (Å²) in [7, 11) is 0. The van der Waals surface area contributed by atoms with Gasteiger partial charge in [-0.05, 0) is 28.1 Å². The molecule has 0 saturated carbocycles. The van der Waals surface area contributed by atoms with Gasteiger partial charge in [-0.3, -0.25) is 9.59 Å². The molecule has 1 fully saturated rings. The molecule has 0 aromatic carbocycles. The zero-order valence-electron chi connectivity index (χ0n) is 9.30. The third kappa shape index (κ3) is 2.85. The fourth-order valence-electron chi connectivity index (χ4n) is 1.69. The Labute approximate surface area is 111 Å². The van der Waals surface area contributed by atoms with Crippen LogP contribution < -0.4 is 5.32 Å². The van der Waals surface area contributed by atoms with Gasteiger partial charge in [0.1, 0.15) is 11.6 Å². The number of hydrogen-bond donors (Lipinski definition) is 2. The molecule has 0 aliphatic carbocycles. The average Bonchev–Trinajstić information content (AvgIpc) is 2.78. The van der Waals surface area contributed by atoms with E-state index in [-0.39, 0.29) is 18.9 Å². The molecule has 18 heavy (non-hydrogen) atoms. The largest absolute Gasteiger partial charge is 0.481 e. The Hall–Kier alpha value is -1.47. The molecule has 2 N–H and O–H groups in total. The quantitative estimate of drug-likeness (QED) is 0.856. The van der Waals surface area contributed by atoms with E-state index in [9.17, 15) is 9.59 Å². The van der Waals surface area contributed by atoms with Crippen molar-refractivity contribution >= 4 is 27.8 Å². The third-order valence-corrected chi connectivity index (χ3v) is 3.14. The molecule has 1 amide bonds. The second-order valence-corrected chi connectivity index (χ2v) is 4.84. The summed E-state index contributed by atoms with van der Waals surface area (Å²) in [6, 6.07) is 2.74. The Kier molecular flexibility index (Phi) is 3.93. The molecule has 6 nitrogen and oxygen atoms in total. The number of nitrogens with zero attached hydrogens (tertiary/aromatic N) is 1. The zero-order valence-corrected chi connectivity index (χ0v) is 10.9. The van der Waals surface area contributed by atoms with Crippen molar-refractivity contribution in [2.45, 2.75) is 6.04 Å². The molecule has 1 aliphatic heterocycles. The van der Waals surface area contributed by atoms with Crippen molar-refractivity contribution in [3.05, 3.63) is 28.5 Å². The van der Waals surface area contributed by atoms with Crippen molar-refractivity contribution in [2.75, 3.05) is 13.2 Å². The highest BCUT2D eigenvalue weighted by Gasteiger charge is 2.35. The van der Waals surface area contributed by atoms with Crippen LogP contribution in [-0.4, -0.2) is 41.2 Å². The SMILES string of the molecule is O=C(NC1COCC1C(=O)O)c1ccc(Br)cn1. The first kappa shape index (κ1) is 13.0. The van der Waals surface area contributed by atoms with Gasteiger partial charge in [0.25, 0.3) is 5.91 Å². The van der Waals surface area contributed by atoms with Crippen LogP contribution >= 0.6 is 15.9 Å². The number of aliphatic carboxylic acids is 1. The first-order valence-corrected chi connectivity index (χ1v) is 6.10. The van der Waals surface area contributed by atoms with Crippen molar-refractivity contribution in [2.24, 2.45) is 5.92 Å². The van der Waals surface area contributed by atoms with E-state index >= 15 is 0 Å². The maximum absolute atomic E-state index is 11.8. The van der Waals surface area contributed by atoms with E-state index in [1.165, 1.54) is 6.20 Å². The molecule has 1 aromatic heterocycles. The molecule has 96 valence electrons. The predicted molar refractivity (Wildman–Crippen MR) is 65.1 cm³/mol. The summed E-state index contributed by atoms with van der Waals surface area (Å²) < 4.78 is 5.83. The van der Waals surface area contributed by atoms with Gasteiger partial charge in [-0.1, -0.05) is 0 Å². The molecule has 2 rings (SSSR count). The molecule has 2 heterocycles. The van der Waals surface area contributed by atoms with Gasteiger partial charge in [0.05, 0.1) is 19.3 Å². The summed E-state index contributed by atoms with van der Waals surface area (Å²) in [5, 5.41) is 11.6. The van der Waals surface area contributed by atoms with Crippen LogP contribution in [0.15, 0.2) is 22.8 Å². The van der Waals surface area contributed by atoms with Gasteiger partial charge in [0, 0.05) is 10.7 Å². The molecular formula is C11H11BrN2O4. The topological polar surface area (TPSA) is 88.5 Å². The molecule has 0 spiro atoms. The van der Waals surface area contributed by atoms with Gasteiger partial charge in [-0.2, -0.15) is 0 Å². The van der Waals surface area contributed by atoms with Crippen LogP contribution in [0.5, 0.6) is 0 Å². The summed E-state index contributed by atoms with van der Waals surface area (Å²) in [6.07, 6.45) is 1.51. The summed E-state index contributed by atoms with van der Waals surface area (Å²) in [5.41, 5.74) is 0.245. The summed E-state index contributed by atoms with van der Waals surface area (Å²) in [6.45, 7) is 0.327. The summed E-state index contributed by atoms with van der Waals surface area (Å²) in [4.78, 5) is 26.7. The number of halogens is 1. The maximum atomic E-state index is 11.8. The normalized spacial score (nSPS) is 22.7. The van der Waals surface area contributed by atoms with Crippen LogP contribution in [0.3, 0.4) is 0 Å². The van der Waals surface area contributed by atoms with E-state index in [4.69, 9.17) is 9.84 Å². The molecule has 0 bridgehead atoms. The number of pyridine rings is 1. The number of carboxylic acid groups (broad SMARTS) is 1. The minimum atomic E-state index is -0.971. The fraction of sp³-hybridized carbons (Fsp3) is 0.364. The van der Waals surface area contributed by atoms with Crippen LogP contribution in [0, 0.1) is 5.92 Å². The smallest absolute Gasteiger partial charge is 0.311 e. The van der Waals surface area contributed by atoms with Gasteiger partial charge in [0.15, 0.2) is 0 Å². The van der Waals surface area contributed by atoms with Gasteiger partial charge in [0.2, 0.25) is 0 Å². The maximum Gasteiger partial charge on any atom is 0.311 e. The molecule has 1 aliphatic rings. The predicted octanol–water partition coefficient (Wildman–Crippen LogP) is 0.673. The average molecular weight is 315 g/mol. The number of hydrogen-bond acceptors (Lipinski definition) is 4. The highest BCUT2D eigenvalue weighted by molar-refractivity contribution is 9.10. The van der Waals surface area contributed by atoms with Crippen molar-refractivity contribution < 1.29 is 19.4 Å².